The van der Waals surface area contributed by atoms with Gasteiger partial charge in [0.25, 0.3) is 0 Å². The quantitative estimate of drug-likeness (QED) is 0.802. The summed E-state index contributed by atoms with van der Waals surface area (Å²) >= 11 is 0. The van der Waals surface area contributed by atoms with E-state index in [0.29, 0.717) is 36.9 Å². The van der Waals surface area contributed by atoms with E-state index < -0.39 is 0 Å². The van der Waals surface area contributed by atoms with Crippen molar-refractivity contribution in [1.29, 1.82) is 0 Å². The summed E-state index contributed by atoms with van der Waals surface area (Å²) in [4.78, 5) is 2.48. The van der Waals surface area contributed by atoms with Crippen LogP contribution in [-0.2, 0) is 9.47 Å². The Bertz CT molecular complexity index is 250. The number of ether oxygens (including phenoxy) is 2. The molecule has 0 spiro atoms. The first-order valence-electron chi connectivity index (χ1n) is 6.84. The zero-order chi connectivity index (χ0) is 12.4. The van der Waals surface area contributed by atoms with Gasteiger partial charge in [0, 0.05) is 25.2 Å². The summed E-state index contributed by atoms with van der Waals surface area (Å²) in [6, 6.07) is 0.792. The largest absolute Gasteiger partial charge is 0.376 e. The Morgan fingerprint density at radius 3 is 2.59 bits per heavy atom. The first-order chi connectivity index (χ1) is 8.11. The molecule has 0 saturated carbocycles. The SMILES string of the molecule is CC1CN(C(CN)C2CCC(C)O2)C(C)CO1. The van der Waals surface area contributed by atoms with Gasteiger partial charge < -0.3 is 15.2 Å². The molecule has 2 heterocycles. The van der Waals surface area contributed by atoms with E-state index in [1.807, 2.05) is 0 Å². The van der Waals surface area contributed by atoms with Gasteiger partial charge >= 0.3 is 0 Å². The van der Waals surface area contributed by atoms with Crippen LogP contribution in [-0.4, -0.2) is 55.0 Å². The monoisotopic (exact) mass is 242 g/mol. The normalized spacial score (nSPS) is 41.6. The van der Waals surface area contributed by atoms with E-state index in [1.54, 1.807) is 0 Å². The minimum absolute atomic E-state index is 0.305. The van der Waals surface area contributed by atoms with Crippen molar-refractivity contribution in [3.05, 3.63) is 0 Å². The van der Waals surface area contributed by atoms with Crippen molar-refractivity contribution in [2.24, 2.45) is 5.73 Å². The van der Waals surface area contributed by atoms with Crippen LogP contribution >= 0.6 is 0 Å². The molecular weight excluding hydrogens is 216 g/mol. The van der Waals surface area contributed by atoms with Crippen LogP contribution in [0.15, 0.2) is 0 Å². The zero-order valence-corrected chi connectivity index (χ0v) is 11.3. The van der Waals surface area contributed by atoms with Crippen molar-refractivity contribution in [2.75, 3.05) is 19.7 Å². The second-order valence-electron chi connectivity index (χ2n) is 5.56. The Morgan fingerprint density at radius 2 is 2.00 bits per heavy atom. The Morgan fingerprint density at radius 1 is 1.24 bits per heavy atom. The molecule has 2 fully saturated rings. The van der Waals surface area contributed by atoms with Crippen LogP contribution < -0.4 is 5.73 Å². The molecule has 2 saturated heterocycles. The minimum Gasteiger partial charge on any atom is -0.376 e. The fourth-order valence-electron chi connectivity index (χ4n) is 3.01. The number of rotatable bonds is 3. The predicted octanol–water partition coefficient (Wildman–Crippen LogP) is 0.990. The molecular formula is C13H26N2O2. The Balaban J connectivity index is 2.01. The number of nitrogens with zero attached hydrogens (tertiary/aromatic N) is 1. The molecule has 100 valence electrons. The van der Waals surface area contributed by atoms with Gasteiger partial charge in [-0.25, -0.2) is 0 Å². The van der Waals surface area contributed by atoms with Gasteiger partial charge in [0.05, 0.1) is 24.9 Å². The highest BCUT2D eigenvalue weighted by molar-refractivity contribution is 4.90. The summed E-state index contributed by atoms with van der Waals surface area (Å²) in [5, 5.41) is 0. The van der Waals surface area contributed by atoms with E-state index in [4.69, 9.17) is 15.2 Å². The van der Waals surface area contributed by atoms with E-state index in [2.05, 4.69) is 25.7 Å². The summed E-state index contributed by atoms with van der Waals surface area (Å²) in [5.74, 6) is 0. The fourth-order valence-corrected chi connectivity index (χ4v) is 3.01. The fraction of sp³-hybridized carbons (Fsp3) is 1.00. The molecule has 4 nitrogen and oxygen atoms in total. The minimum atomic E-state index is 0.305. The van der Waals surface area contributed by atoms with Crippen LogP contribution in [0.5, 0.6) is 0 Å². The molecule has 0 aliphatic carbocycles. The van der Waals surface area contributed by atoms with Gasteiger partial charge in [0.2, 0.25) is 0 Å². The Kier molecular flexibility index (Phi) is 4.42. The van der Waals surface area contributed by atoms with Crippen molar-refractivity contribution in [2.45, 2.75) is 64.0 Å². The summed E-state index contributed by atoms with van der Waals surface area (Å²) in [6.07, 6.45) is 3.31. The molecule has 0 aromatic heterocycles. The molecule has 2 aliphatic heterocycles. The first-order valence-corrected chi connectivity index (χ1v) is 6.84. The number of hydrogen-bond donors (Lipinski definition) is 1. The van der Waals surface area contributed by atoms with Crippen molar-refractivity contribution in [3.63, 3.8) is 0 Å². The lowest BCUT2D eigenvalue weighted by Crippen LogP contribution is -2.58. The maximum absolute atomic E-state index is 5.99. The van der Waals surface area contributed by atoms with Gasteiger partial charge in [-0.1, -0.05) is 0 Å². The zero-order valence-electron chi connectivity index (χ0n) is 11.3. The maximum Gasteiger partial charge on any atom is 0.0747 e. The van der Waals surface area contributed by atoms with Crippen LogP contribution in [0.2, 0.25) is 0 Å². The summed E-state index contributed by atoms with van der Waals surface area (Å²) in [6.45, 7) is 8.95. The van der Waals surface area contributed by atoms with Crippen LogP contribution in [0.3, 0.4) is 0 Å². The number of hydrogen-bond acceptors (Lipinski definition) is 4. The van der Waals surface area contributed by atoms with E-state index in [9.17, 15) is 0 Å². The van der Waals surface area contributed by atoms with Crippen molar-refractivity contribution in [3.8, 4) is 0 Å². The van der Waals surface area contributed by atoms with Gasteiger partial charge in [-0.15, -0.1) is 0 Å². The summed E-state index contributed by atoms with van der Waals surface area (Å²) in [5.41, 5.74) is 5.97. The van der Waals surface area contributed by atoms with E-state index in [-0.39, 0.29) is 0 Å². The van der Waals surface area contributed by atoms with Gasteiger partial charge in [-0.3, -0.25) is 4.90 Å². The van der Waals surface area contributed by atoms with E-state index in [0.717, 1.165) is 26.0 Å². The molecule has 0 bridgehead atoms. The van der Waals surface area contributed by atoms with Crippen LogP contribution in [0.25, 0.3) is 0 Å². The third-order valence-corrected chi connectivity index (χ3v) is 4.02. The lowest BCUT2D eigenvalue weighted by molar-refractivity contribution is -0.0932. The lowest BCUT2D eigenvalue weighted by Gasteiger charge is -2.43. The second kappa shape index (κ2) is 5.65. The van der Waals surface area contributed by atoms with Crippen molar-refractivity contribution < 1.29 is 9.47 Å². The molecule has 5 unspecified atom stereocenters. The highest BCUT2D eigenvalue weighted by atomic mass is 16.5. The maximum atomic E-state index is 5.99. The number of morpholine rings is 1. The van der Waals surface area contributed by atoms with Gasteiger partial charge in [-0.05, 0) is 33.6 Å². The van der Waals surface area contributed by atoms with Crippen molar-refractivity contribution >= 4 is 0 Å². The highest BCUT2D eigenvalue weighted by Gasteiger charge is 2.36. The molecule has 17 heavy (non-hydrogen) atoms. The standard InChI is InChI=1S/C13H26N2O2/c1-9-8-16-11(3)7-15(9)12(6-14)13-5-4-10(2)17-13/h9-13H,4-8,14H2,1-3H3. The molecule has 0 aromatic rings. The molecule has 0 amide bonds. The van der Waals surface area contributed by atoms with Crippen LogP contribution in [0.1, 0.15) is 33.6 Å². The van der Waals surface area contributed by atoms with Crippen LogP contribution in [0.4, 0.5) is 0 Å². The third-order valence-electron chi connectivity index (χ3n) is 4.02. The molecule has 2 rings (SSSR count). The van der Waals surface area contributed by atoms with Gasteiger partial charge in [0.1, 0.15) is 0 Å². The number of nitrogens with two attached hydrogens (primary N) is 1. The van der Waals surface area contributed by atoms with Gasteiger partial charge in [-0.2, -0.15) is 0 Å². The molecule has 2 N–H and O–H groups in total. The molecule has 4 heteroatoms. The molecule has 2 aliphatic rings. The highest BCUT2D eigenvalue weighted by Crippen LogP contribution is 2.26. The Hall–Kier alpha value is -0.160. The van der Waals surface area contributed by atoms with Gasteiger partial charge in [0.15, 0.2) is 0 Å². The third kappa shape index (κ3) is 2.99. The predicted molar refractivity (Wildman–Crippen MR) is 68.0 cm³/mol. The summed E-state index contributed by atoms with van der Waals surface area (Å²) in [7, 11) is 0. The Labute approximate surface area is 104 Å². The van der Waals surface area contributed by atoms with E-state index in [1.165, 1.54) is 0 Å². The molecule has 5 atom stereocenters. The average Bonchev–Trinajstić information content (AvgIpc) is 2.71. The van der Waals surface area contributed by atoms with E-state index >= 15 is 0 Å². The molecule has 0 radical (unpaired) electrons. The smallest absolute Gasteiger partial charge is 0.0747 e. The van der Waals surface area contributed by atoms with Crippen LogP contribution in [0, 0.1) is 0 Å². The van der Waals surface area contributed by atoms with Crippen molar-refractivity contribution in [1.82, 2.24) is 4.90 Å². The topological polar surface area (TPSA) is 47.7 Å². The first kappa shape index (κ1) is 13.3. The lowest BCUT2D eigenvalue weighted by atomic mass is 10.0. The molecule has 0 aromatic carbocycles. The summed E-state index contributed by atoms with van der Waals surface area (Å²) < 4.78 is 11.7. The second-order valence-corrected chi connectivity index (χ2v) is 5.56. The average molecular weight is 242 g/mol.